The lowest BCUT2D eigenvalue weighted by molar-refractivity contribution is 0.212. The molecule has 104 heavy (non-hydrogen) atoms. The van der Waals surface area contributed by atoms with Gasteiger partial charge in [0.1, 0.15) is 23.0 Å². The van der Waals surface area contributed by atoms with Crippen molar-refractivity contribution in [3.05, 3.63) is 252 Å². The Bertz CT molecular complexity index is 4860. The summed E-state index contributed by atoms with van der Waals surface area (Å²) in [5.74, 6) is 1.41. The molecule has 0 saturated carbocycles. The second kappa shape index (κ2) is 32.8. The number of nitrogens with one attached hydrogen (secondary N) is 4. The van der Waals surface area contributed by atoms with Crippen LogP contribution in [0.15, 0.2) is 143 Å². The van der Waals surface area contributed by atoms with Crippen LogP contribution in [0.1, 0.15) is 138 Å². The highest BCUT2D eigenvalue weighted by molar-refractivity contribution is 9.10. The van der Waals surface area contributed by atoms with Gasteiger partial charge in [-0.3, -0.25) is 9.44 Å². The van der Waals surface area contributed by atoms with Crippen molar-refractivity contribution in [1.29, 1.82) is 0 Å². The first-order valence-electron chi connectivity index (χ1n) is 34.7. The molecule has 16 rings (SSSR count). The van der Waals surface area contributed by atoms with Crippen molar-refractivity contribution < 1.29 is 46.8 Å². The van der Waals surface area contributed by atoms with E-state index in [1.165, 1.54) is 70.1 Å². The summed E-state index contributed by atoms with van der Waals surface area (Å²) in [7, 11) is -2.24. The Morgan fingerprint density at radius 2 is 0.827 bits per heavy atom. The number of carbonyl (C=O) groups excluding carboxylic acids is 1. The zero-order valence-corrected chi connectivity index (χ0v) is 66.4. The average Bonchev–Trinajstić information content (AvgIpc) is 1.34. The Kier molecular flexibility index (Phi) is 24.4. The predicted molar refractivity (Wildman–Crippen MR) is 425 cm³/mol. The van der Waals surface area contributed by atoms with Gasteiger partial charge in [-0.2, -0.15) is 0 Å². The number of hydrogen-bond donors (Lipinski definition) is 8. The van der Waals surface area contributed by atoms with E-state index in [-0.39, 0.29) is 46.8 Å². The summed E-state index contributed by atoms with van der Waals surface area (Å²) >= 11 is 36.6. The molecule has 0 aromatic heterocycles. The van der Waals surface area contributed by atoms with Gasteiger partial charge >= 0.3 is 5.43 Å². The maximum atomic E-state index is 11.6. The van der Waals surface area contributed by atoms with Gasteiger partial charge in [-0.15, -0.1) is 0 Å². The molecular formula is C79H83Br2Cl5N6O10S2. The summed E-state index contributed by atoms with van der Waals surface area (Å²) in [6, 6.07) is 41.0. The van der Waals surface area contributed by atoms with Crippen LogP contribution < -0.4 is 20.1 Å². The largest absolute Gasteiger partial charge is 0.506 e. The van der Waals surface area contributed by atoms with E-state index >= 15 is 0 Å². The standard InChI is InChI=1S/C20H23ClN2O3S.C19H19BrClNO.C19H21ClN2O3S.C18H17BrClNO.C3H3ClO2/c1-23-8-7-13-10-17(21)19(24)11-16(13)20-15-5-4-14(22-27(2,25)26)9-12(15)3-6-18(20)23;1-22-8-7-11-9-16(21)18(23)10-14(11)19-13-3-2-4-15(20)12(13)5-6-17(19)22;1-26(24,25)22-13-3-4-14-11(8-13)2-5-17-19(14)15-10-18(23)16(20)9-12(15)6-7-21-17;19-14-3-1-2-12-11(14)4-5-16-18(12)13-9-17(22)15(20)8-10(13)6-7-21-16;1-2-6-3(4)5/h4-5,9-11,18,20,22,24H,3,6-8H2,1-2H3;2-4,9-10,17,19,23H,5-8H2,1H3;3-4,8-10,17,19,21-23H,2,5-7H2,1H3;1-3,8-9,16,18,21-22H,4-7H2;2H,1H2/t18-,20+;2*17-,19+;16-,18+;/m0000./s1. The van der Waals surface area contributed by atoms with Crippen LogP contribution >= 0.6 is 89.9 Å². The molecular weight excluding hydrogens is 1590 g/mol. The summed E-state index contributed by atoms with van der Waals surface area (Å²) in [6.07, 6.45) is 15.1. The molecule has 0 spiro atoms. The third kappa shape index (κ3) is 17.4. The Morgan fingerprint density at radius 1 is 0.481 bits per heavy atom. The fourth-order valence-electron chi connectivity index (χ4n) is 17.0. The maximum Gasteiger partial charge on any atom is 0.408 e. The summed E-state index contributed by atoms with van der Waals surface area (Å²) in [4.78, 5) is 14.4. The number of likely N-dealkylation sites (N-methyl/N-ethyl adjacent to an activating group) is 2. The lowest BCUT2D eigenvalue weighted by atomic mass is 9.74. The molecule has 4 aliphatic carbocycles. The zero-order valence-electron chi connectivity index (χ0n) is 57.9. The number of sulfonamides is 2. The number of ether oxygens (including phenoxy) is 1. The molecule has 8 atom stereocenters. The van der Waals surface area contributed by atoms with E-state index in [0.29, 0.717) is 55.5 Å². The first-order valence-corrected chi connectivity index (χ1v) is 41.9. The first-order chi connectivity index (χ1) is 49.5. The van der Waals surface area contributed by atoms with Gasteiger partial charge < -0.3 is 45.6 Å². The SMILES string of the molecule is C=COC(=O)Cl.CN1CCc2cc(Cl)c(O)cc2[C@H]2c3ccc(NS(C)(=O)=O)cc3CC[C@@H]21.CN1CCc2cc(Cl)c(O)cc2[C@H]2c3cccc(Br)c3CC[C@@H]21.CS(=O)(=O)Nc1ccc2c(c1)CC[C@@H]1NCCc3cc(Cl)c(O)cc3[C@@H]21.Oc1cc2c(cc1Cl)CCN[C@H]1CCc3c(Br)cccc3[C@H]21. The van der Waals surface area contributed by atoms with Crippen LogP contribution in [0.25, 0.3) is 0 Å². The van der Waals surface area contributed by atoms with E-state index in [0.717, 1.165) is 150 Å². The number of rotatable bonds is 5. The van der Waals surface area contributed by atoms with E-state index in [9.17, 15) is 42.1 Å². The summed E-state index contributed by atoms with van der Waals surface area (Å²) in [5.41, 5.74) is 20.1. The molecule has 0 amide bonds. The van der Waals surface area contributed by atoms with Gasteiger partial charge in [-0.1, -0.05) is 121 Å². The predicted octanol–water partition coefficient (Wildman–Crippen LogP) is 17.0. The molecule has 0 unspecified atom stereocenters. The third-order valence-corrected chi connectivity index (χ3v) is 25.5. The van der Waals surface area contributed by atoms with Crippen LogP contribution in [0.2, 0.25) is 20.1 Å². The van der Waals surface area contributed by atoms with E-state index < -0.39 is 25.5 Å². The zero-order chi connectivity index (χ0) is 74.2. The molecule has 8 aliphatic rings. The van der Waals surface area contributed by atoms with Crippen LogP contribution in [-0.2, 0) is 76.2 Å². The number of aryl methyl sites for hydroxylation is 2. The fraction of sp³-hybridized carbons (Fsp3) is 0.354. The summed E-state index contributed by atoms with van der Waals surface area (Å²) < 4.78 is 57.6. The number of aromatic hydroxyl groups is 4. The van der Waals surface area contributed by atoms with Gasteiger partial charge in [0.25, 0.3) is 0 Å². The molecule has 0 saturated heterocycles. The van der Waals surface area contributed by atoms with Crippen molar-refractivity contribution in [1.82, 2.24) is 20.4 Å². The molecule has 4 aliphatic heterocycles. The monoisotopic (exact) mass is 1670 g/mol. The van der Waals surface area contributed by atoms with Crippen molar-refractivity contribution in [2.45, 2.75) is 125 Å². The van der Waals surface area contributed by atoms with E-state index in [1.807, 2.05) is 78.9 Å². The van der Waals surface area contributed by atoms with Gasteiger partial charge in [0.15, 0.2) is 0 Å². The molecule has 0 radical (unpaired) electrons. The highest BCUT2D eigenvalue weighted by Crippen LogP contribution is 2.50. The summed E-state index contributed by atoms with van der Waals surface area (Å²) in [5, 5.41) is 49.6. The lowest BCUT2D eigenvalue weighted by Crippen LogP contribution is -2.39. The summed E-state index contributed by atoms with van der Waals surface area (Å²) in [6.45, 7) is 6.87. The molecule has 8 N–H and O–H groups in total. The fourth-order valence-corrected chi connectivity index (χ4v) is 20.1. The van der Waals surface area contributed by atoms with Crippen LogP contribution in [0, 0.1) is 0 Å². The minimum absolute atomic E-state index is 0.105. The topological polar surface area (TPSA) is 230 Å². The second-order valence-electron chi connectivity index (χ2n) is 28.0. The Balaban J connectivity index is 0.000000127. The Labute approximate surface area is 650 Å². The highest BCUT2D eigenvalue weighted by Gasteiger charge is 2.41. The molecule has 8 aromatic carbocycles. The maximum absolute atomic E-state index is 11.6. The minimum atomic E-state index is -3.31. The van der Waals surface area contributed by atoms with E-state index in [2.05, 4.69) is 135 Å². The molecule has 4 heterocycles. The van der Waals surface area contributed by atoms with Gasteiger partial charge in [0.2, 0.25) is 20.0 Å². The number of halogens is 7. The molecule has 0 bridgehead atoms. The van der Waals surface area contributed by atoms with Crippen molar-refractivity contribution in [3.63, 3.8) is 0 Å². The smallest absolute Gasteiger partial charge is 0.408 e. The number of carbonyl (C=O) groups is 1. The number of phenols is 4. The Morgan fingerprint density at radius 3 is 1.24 bits per heavy atom. The quantitative estimate of drug-likeness (QED) is 0.0592. The first kappa shape index (κ1) is 77.5. The average molecular weight is 1680 g/mol. The third-order valence-electron chi connectivity index (χ3n) is 21.5. The number of benzene rings is 8. The van der Waals surface area contributed by atoms with Gasteiger partial charge in [-0.05, 0) is 278 Å². The molecule has 16 nitrogen and oxygen atoms in total. The van der Waals surface area contributed by atoms with Crippen molar-refractivity contribution in [3.8, 4) is 23.0 Å². The van der Waals surface area contributed by atoms with Gasteiger partial charge in [0.05, 0.1) is 38.9 Å². The van der Waals surface area contributed by atoms with Crippen LogP contribution in [0.3, 0.4) is 0 Å². The minimum Gasteiger partial charge on any atom is -0.506 e. The van der Waals surface area contributed by atoms with E-state index in [4.69, 9.17) is 46.4 Å². The van der Waals surface area contributed by atoms with Gasteiger partial charge in [-0.25, -0.2) is 21.6 Å². The molecule has 8 aromatic rings. The molecule has 550 valence electrons. The number of fused-ring (bicyclic) bond motifs is 20. The molecule has 0 fully saturated rings. The lowest BCUT2D eigenvalue weighted by Gasteiger charge is -2.38. The number of anilines is 2. The second-order valence-corrected chi connectivity index (χ2v) is 35.1. The van der Waals surface area contributed by atoms with Crippen molar-refractivity contribution in [2.75, 3.05) is 62.2 Å². The molecule has 25 heteroatoms. The van der Waals surface area contributed by atoms with Gasteiger partial charge in [0, 0.05) is 92.8 Å². The van der Waals surface area contributed by atoms with Crippen LogP contribution in [0.4, 0.5) is 16.2 Å². The number of nitrogens with zero attached hydrogens (tertiary/aromatic N) is 2. The normalized spacial score (nSPS) is 21.8. The van der Waals surface area contributed by atoms with E-state index in [1.54, 1.807) is 6.07 Å². The number of phenolic OH excluding ortho intramolecular Hbond substituents is 4. The van der Waals surface area contributed by atoms with Crippen molar-refractivity contribution >= 4 is 127 Å². The van der Waals surface area contributed by atoms with Crippen molar-refractivity contribution in [2.24, 2.45) is 0 Å². The van der Waals surface area contributed by atoms with Crippen LogP contribution in [-0.4, -0.2) is 129 Å². The Hall–Kier alpha value is -6.08. The highest BCUT2D eigenvalue weighted by atomic mass is 79.9. The van der Waals surface area contributed by atoms with Crippen LogP contribution in [0.5, 0.6) is 23.0 Å². The number of hydrogen-bond acceptors (Lipinski definition) is 14.